The summed E-state index contributed by atoms with van der Waals surface area (Å²) in [6.45, 7) is 41.9. The van der Waals surface area contributed by atoms with Gasteiger partial charge in [-0.1, -0.05) is 343 Å². The lowest BCUT2D eigenvalue weighted by atomic mass is 9.85. The number of fused-ring (bicyclic) bond motifs is 15. The van der Waals surface area contributed by atoms with E-state index in [4.69, 9.17) is 0 Å². The molecule has 0 radical (unpaired) electrons. The van der Waals surface area contributed by atoms with Gasteiger partial charge in [0.15, 0.2) is 0 Å². The Kier molecular flexibility index (Phi) is 19.3. The zero-order chi connectivity index (χ0) is 91.1. The van der Waals surface area contributed by atoms with Crippen molar-refractivity contribution in [3.05, 3.63) is 397 Å². The van der Waals surface area contributed by atoms with E-state index in [1.165, 1.54) is 98.8 Å². The Morgan fingerprint density at radius 3 is 0.545 bits per heavy atom. The van der Waals surface area contributed by atoms with Crippen LogP contribution in [0.3, 0.4) is 0 Å². The summed E-state index contributed by atoms with van der Waals surface area (Å²) in [5.74, 6) is 0. The minimum atomic E-state index is -0.0682. The minimum absolute atomic E-state index is 0.0682. The fourth-order valence-electron chi connectivity index (χ4n) is 21.0. The van der Waals surface area contributed by atoms with Crippen molar-refractivity contribution in [2.75, 3.05) is 14.7 Å². The Morgan fingerprint density at radius 1 is 0.152 bits per heavy atom. The van der Waals surface area contributed by atoms with Crippen LogP contribution in [0.5, 0.6) is 0 Å². The third kappa shape index (κ3) is 13.9. The first-order valence-corrected chi connectivity index (χ1v) is 47.1. The van der Waals surface area contributed by atoms with Crippen LogP contribution < -0.4 is 14.7 Å². The second kappa shape index (κ2) is 30.6. The van der Waals surface area contributed by atoms with E-state index in [9.17, 15) is 0 Å². The molecule has 0 bridgehead atoms. The number of aromatic nitrogens is 3. The van der Waals surface area contributed by atoms with Gasteiger partial charge >= 0.3 is 0 Å². The molecule has 3 aromatic heterocycles. The molecule has 3 heterocycles. The lowest BCUT2D eigenvalue weighted by Crippen LogP contribution is -2.17. The molecule has 22 rings (SSSR count). The third-order valence-electron chi connectivity index (χ3n) is 28.3. The number of rotatable bonds is 12. The van der Waals surface area contributed by atoms with Crippen molar-refractivity contribution < 1.29 is 0 Å². The molecule has 0 fully saturated rings. The monoisotopic (exact) mass is 1710 g/mol. The van der Waals surface area contributed by atoms with Crippen LogP contribution in [-0.2, 0) is 32.5 Å². The van der Waals surface area contributed by atoms with Gasteiger partial charge in [-0.2, -0.15) is 0 Å². The second-order valence-electron chi connectivity index (χ2n) is 43.1. The highest BCUT2D eigenvalue weighted by Gasteiger charge is 2.33. The second-order valence-corrected chi connectivity index (χ2v) is 43.1. The normalized spacial score (nSPS) is 12.8. The van der Waals surface area contributed by atoms with Crippen molar-refractivity contribution in [2.45, 2.75) is 157 Å². The summed E-state index contributed by atoms with van der Waals surface area (Å²) in [6.07, 6.45) is 0. The molecule has 6 heteroatoms. The van der Waals surface area contributed by atoms with Crippen LogP contribution in [0, 0.1) is 0 Å². The van der Waals surface area contributed by atoms with Crippen molar-refractivity contribution in [2.24, 2.45) is 0 Å². The van der Waals surface area contributed by atoms with Gasteiger partial charge in [-0.05, 0) is 228 Å². The maximum Gasteiger partial charge on any atom is 0.0542 e. The zero-order valence-electron chi connectivity index (χ0n) is 79.3. The van der Waals surface area contributed by atoms with Crippen molar-refractivity contribution >= 4 is 181 Å². The Bertz CT molecular complexity index is 7460. The molecule has 0 saturated carbocycles. The van der Waals surface area contributed by atoms with E-state index in [0.29, 0.717) is 0 Å². The molecular weight excluding hydrogens is 1600 g/mol. The third-order valence-corrected chi connectivity index (χ3v) is 28.3. The zero-order valence-corrected chi connectivity index (χ0v) is 79.3. The van der Waals surface area contributed by atoms with Crippen molar-refractivity contribution in [1.29, 1.82) is 0 Å². The van der Waals surface area contributed by atoms with Crippen molar-refractivity contribution in [3.63, 3.8) is 0 Å². The molecule has 0 aliphatic rings. The molecule has 6 nitrogen and oxygen atoms in total. The van der Waals surface area contributed by atoms with Gasteiger partial charge in [-0.3, -0.25) is 0 Å². The van der Waals surface area contributed by atoms with E-state index in [0.717, 1.165) is 133 Å². The highest BCUT2D eigenvalue weighted by molar-refractivity contribution is 6.18. The van der Waals surface area contributed by atoms with Crippen LogP contribution in [0.2, 0.25) is 0 Å². The number of benzene rings is 19. The van der Waals surface area contributed by atoms with E-state index in [1.54, 1.807) is 0 Å². The van der Waals surface area contributed by atoms with Crippen molar-refractivity contribution in [3.8, 4) is 17.1 Å². The quantitative estimate of drug-likeness (QED) is 0.122. The van der Waals surface area contributed by atoms with E-state index < -0.39 is 0 Å². The average Bonchev–Trinajstić information content (AvgIpc) is 1.56. The van der Waals surface area contributed by atoms with E-state index >= 15 is 0 Å². The first-order chi connectivity index (χ1) is 63.3. The molecule has 648 valence electrons. The summed E-state index contributed by atoms with van der Waals surface area (Å²) in [6, 6.07) is 140. The summed E-state index contributed by atoms with van der Waals surface area (Å²) >= 11 is 0. The smallest absolute Gasteiger partial charge is 0.0542 e. The largest absolute Gasteiger partial charge is 0.309 e. The molecule has 0 atom stereocenters. The van der Waals surface area contributed by atoms with Gasteiger partial charge in [-0.15, -0.1) is 0 Å². The van der Waals surface area contributed by atoms with Gasteiger partial charge < -0.3 is 28.4 Å². The predicted molar refractivity (Wildman–Crippen MR) is 571 cm³/mol. The number of hydrogen-bond donors (Lipinski definition) is 0. The van der Waals surface area contributed by atoms with Gasteiger partial charge in [0.2, 0.25) is 0 Å². The van der Waals surface area contributed by atoms with E-state index in [-0.39, 0.29) is 32.5 Å². The lowest BCUT2D eigenvalue weighted by Gasteiger charge is -2.35. The van der Waals surface area contributed by atoms with Crippen LogP contribution in [0.15, 0.2) is 364 Å². The summed E-state index contributed by atoms with van der Waals surface area (Å²) in [7, 11) is 0. The maximum atomic E-state index is 2.60. The summed E-state index contributed by atoms with van der Waals surface area (Å²) in [4.78, 5) is 7.79. The van der Waals surface area contributed by atoms with Gasteiger partial charge in [-0.25, -0.2) is 0 Å². The van der Waals surface area contributed by atoms with Crippen LogP contribution in [0.25, 0.3) is 147 Å². The average molecular weight is 1710 g/mol. The Labute approximate surface area is 775 Å². The molecule has 0 unspecified atom stereocenters. The number of nitrogens with zero attached hydrogens (tertiary/aromatic N) is 6. The molecule has 0 aliphatic heterocycles. The Morgan fingerprint density at radius 2 is 0.333 bits per heavy atom. The van der Waals surface area contributed by atoms with Crippen LogP contribution >= 0.6 is 0 Å². The summed E-state index contributed by atoms with van der Waals surface area (Å²) < 4.78 is 7.64. The Balaban J connectivity index is 0.864. The highest BCUT2D eigenvalue weighted by Crippen LogP contribution is 2.55. The Hall–Kier alpha value is -14.5. The van der Waals surface area contributed by atoms with E-state index in [1.807, 2.05) is 0 Å². The molecule has 132 heavy (non-hydrogen) atoms. The van der Waals surface area contributed by atoms with Crippen LogP contribution in [0.4, 0.5) is 51.2 Å². The van der Waals surface area contributed by atoms with Crippen LogP contribution in [-0.4, -0.2) is 13.7 Å². The van der Waals surface area contributed by atoms with E-state index in [2.05, 4.69) is 517 Å². The lowest BCUT2D eigenvalue weighted by molar-refractivity contribution is 0.590. The molecule has 0 saturated heterocycles. The fourth-order valence-corrected chi connectivity index (χ4v) is 21.0. The topological polar surface area (TPSA) is 24.5 Å². The fraction of sp³-hybridized carbons (Fsp3) is 0.190. The summed E-state index contributed by atoms with van der Waals surface area (Å²) in [5, 5.41) is 21.0. The molecule has 0 N–H and O–H groups in total. The first kappa shape index (κ1) is 83.2. The minimum Gasteiger partial charge on any atom is -0.309 e. The molecule has 19 aromatic carbocycles. The molecule has 0 aliphatic carbocycles. The number of hydrogen-bond acceptors (Lipinski definition) is 3. The predicted octanol–water partition coefficient (Wildman–Crippen LogP) is 36.1. The van der Waals surface area contributed by atoms with Crippen LogP contribution in [0.1, 0.15) is 158 Å². The van der Waals surface area contributed by atoms with Crippen molar-refractivity contribution in [1.82, 2.24) is 13.7 Å². The molecule has 22 aromatic rings. The van der Waals surface area contributed by atoms with Gasteiger partial charge in [0, 0.05) is 80.8 Å². The molecule has 0 amide bonds. The first-order valence-electron chi connectivity index (χ1n) is 47.1. The van der Waals surface area contributed by atoms with Gasteiger partial charge in [0.1, 0.15) is 0 Å². The molecular formula is C126H114N6. The van der Waals surface area contributed by atoms with Gasteiger partial charge in [0.05, 0.1) is 101 Å². The SMILES string of the molecule is CC(C)(C)c1ccc2c(c1)c1cc(C(C)(C)C)ccc1n2-c1ccc(N(c2cc(N(c3cccc4ccccc34)c3ccc(-n4c5ccc(C(C)(C)C)cc5c5cc(C(C)(C)C)ccc54)c4ccccc34)cc(N(c3cccc4ccccc34)c3ccc(-n4c5ccc(C(C)(C)C)cc5c5cc(C(C)(C)C)ccc54)c4ccccc34)c2)c2cccc3ccccc23)c2ccccc12. The highest BCUT2D eigenvalue weighted by atomic mass is 15.2. The number of anilines is 9. The summed E-state index contributed by atoms with van der Waals surface area (Å²) in [5.41, 5.74) is 26.9. The maximum absolute atomic E-state index is 2.60. The standard InChI is InChI=1S/C126H114N6/c1-121(2,3)82-52-58-115-100(70-82)101-71-83(122(4,5)6)53-59-116(101)130(115)112-67-64-109(94-43-25-28-46-97(94)112)127(106-49-31-37-79-34-19-22-40-91(79)106)88-76-89(128(107-50-32-38-80-35-20-23-41-92(80)107)110-65-68-113(98-47-29-26-44-95(98)110)131-117-60-54-84(123(7,8)9)72-102(117)103-73-85(124(10,11)12)55-61-118(103)131)78-90(77-88)129(108-51-33-39-81-36-21-24-42-93(81)108)111-66-69-114(99-48-30-27-45-96(99)111)132-119-62-56-86(125(13,14)15)74-104(119)105-75-87(126(16,17)18)57-63-120(105)132/h19-78H,1-18H3. The molecule has 0 spiro atoms. The van der Waals surface area contributed by atoms with Gasteiger partial charge in [0.25, 0.3) is 0 Å².